The molecule has 1 aromatic heterocycles. The molecular weight excluding hydrogens is 208 g/mol. The van der Waals surface area contributed by atoms with E-state index in [2.05, 4.69) is 10.3 Å². The average molecular weight is 222 g/mol. The van der Waals surface area contributed by atoms with Crippen molar-refractivity contribution in [1.82, 2.24) is 10.3 Å². The van der Waals surface area contributed by atoms with E-state index in [-0.39, 0.29) is 5.91 Å². The van der Waals surface area contributed by atoms with Crippen molar-refractivity contribution >= 4 is 11.9 Å². The van der Waals surface area contributed by atoms with Crippen LogP contribution in [0, 0.1) is 0 Å². The van der Waals surface area contributed by atoms with Crippen LogP contribution in [-0.2, 0) is 9.53 Å². The first-order chi connectivity index (χ1) is 7.65. The molecule has 0 bridgehead atoms. The minimum Gasteiger partial charge on any atom is -0.464 e. The van der Waals surface area contributed by atoms with Gasteiger partial charge in [0.2, 0.25) is 0 Å². The number of hydrogen-bond acceptors (Lipinski definition) is 4. The fraction of sp³-hybridized carbons (Fsp3) is 0.364. The Kier molecular flexibility index (Phi) is 4.44. The minimum absolute atomic E-state index is 0.300. The Hall–Kier alpha value is -1.91. The first kappa shape index (κ1) is 12.2. The number of pyridine rings is 1. The molecule has 1 atom stereocenters. The third-order valence-electron chi connectivity index (χ3n) is 1.93. The third kappa shape index (κ3) is 3.34. The smallest absolute Gasteiger partial charge is 0.328 e. The van der Waals surface area contributed by atoms with Gasteiger partial charge in [0, 0.05) is 18.0 Å². The van der Waals surface area contributed by atoms with E-state index in [1.807, 2.05) is 0 Å². The topological polar surface area (TPSA) is 68.3 Å². The second kappa shape index (κ2) is 5.85. The maximum absolute atomic E-state index is 11.6. The van der Waals surface area contributed by atoms with Crippen LogP contribution in [0.4, 0.5) is 0 Å². The van der Waals surface area contributed by atoms with Crippen LogP contribution in [0.15, 0.2) is 24.5 Å². The fourth-order valence-corrected chi connectivity index (χ4v) is 1.11. The number of carbonyl (C=O) groups excluding carboxylic acids is 2. The first-order valence-corrected chi connectivity index (χ1v) is 5.02. The summed E-state index contributed by atoms with van der Waals surface area (Å²) in [6.45, 7) is 3.60. The molecule has 0 aliphatic carbocycles. The van der Waals surface area contributed by atoms with Crippen LogP contribution >= 0.6 is 0 Å². The maximum atomic E-state index is 11.6. The predicted octanol–water partition coefficient (Wildman–Crippen LogP) is 0.763. The van der Waals surface area contributed by atoms with Gasteiger partial charge in [-0.3, -0.25) is 9.78 Å². The van der Waals surface area contributed by atoms with Crippen LogP contribution in [0.3, 0.4) is 0 Å². The lowest BCUT2D eigenvalue weighted by molar-refractivity contribution is -0.144. The molecule has 0 aliphatic rings. The van der Waals surface area contributed by atoms with E-state index in [0.717, 1.165) is 0 Å². The number of carbonyl (C=O) groups is 2. The van der Waals surface area contributed by atoms with Crippen molar-refractivity contribution in [2.75, 3.05) is 6.61 Å². The molecule has 1 amide bonds. The second-order valence-corrected chi connectivity index (χ2v) is 3.18. The van der Waals surface area contributed by atoms with Crippen molar-refractivity contribution in [3.05, 3.63) is 30.1 Å². The van der Waals surface area contributed by atoms with Crippen LogP contribution < -0.4 is 5.32 Å². The lowest BCUT2D eigenvalue weighted by Crippen LogP contribution is -2.39. The summed E-state index contributed by atoms with van der Waals surface area (Å²) in [5.41, 5.74) is 0.464. The Bertz CT molecular complexity index is 365. The number of nitrogens with one attached hydrogen (secondary N) is 1. The van der Waals surface area contributed by atoms with Crippen LogP contribution in [0.2, 0.25) is 0 Å². The molecule has 0 spiro atoms. The minimum atomic E-state index is -0.652. The van der Waals surface area contributed by atoms with Crippen LogP contribution in [0.1, 0.15) is 24.2 Å². The van der Waals surface area contributed by atoms with Crippen molar-refractivity contribution in [2.24, 2.45) is 0 Å². The summed E-state index contributed by atoms with van der Waals surface area (Å²) in [4.78, 5) is 26.7. The van der Waals surface area contributed by atoms with Gasteiger partial charge in [0.15, 0.2) is 0 Å². The molecule has 0 radical (unpaired) electrons. The van der Waals surface area contributed by atoms with Crippen LogP contribution in [0.25, 0.3) is 0 Å². The quantitative estimate of drug-likeness (QED) is 0.764. The zero-order valence-electron chi connectivity index (χ0n) is 9.27. The van der Waals surface area contributed by atoms with Gasteiger partial charge < -0.3 is 10.1 Å². The summed E-state index contributed by atoms with van der Waals surface area (Å²) in [5.74, 6) is -0.757. The average Bonchev–Trinajstić information content (AvgIpc) is 2.30. The Morgan fingerprint density at radius 1 is 1.44 bits per heavy atom. The van der Waals surface area contributed by atoms with Crippen molar-refractivity contribution in [1.29, 1.82) is 0 Å². The molecule has 0 aliphatic heterocycles. The number of ether oxygens (including phenoxy) is 1. The lowest BCUT2D eigenvalue weighted by atomic mass is 10.2. The zero-order chi connectivity index (χ0) is 12.0. The number of hydrogen-bond donors (Lipinski definition) is 1. The van der Waals surface area contributed by atoms with E-state index in [9.17, 15) is 9.59 Å². The molecule has 1 heterocycles. The Balaban J connectivity index is 2.55. The third-order valence-corrected chi connectivity index (χ3v) is 1.93. The lowest BCUT2D eigenvalue weighted by Gasteiger charge is -2.12. The number of nitrogens with zero attached hydrogens (tertiary/aromatic N) is 1. The Morgan fingerprint density at radius 2 is 2.06 bits per heavy atom. The van der Waals surface area contributed by atoms with Crippen molar-refractivity contribution in [3.63, 3.8) is 0 Å². The van der Waals surface area contributed by atoms with Crippen molar-refractivity contribution in [3.8, 4) is 0 Å². The monoisotopic (exact) mass is 222 g/mol. The van der Waals surface area contributed by atoms with Gasteiger partial charge in [-0.05, 0) is 26.0 Å². The van der Waals surface area contributed by atoms with Gasteiger partial charge >= 0.3 is 5.97 Å². The maximum Gasteiger partial charge on any atom is 0.328 e. The molecule has 0 fully saturated rings. The second-order valence-electron chi connectivity index (χ2n) is 3.18. The standard InChI is InChI=1S/C11H14N2O3/c1-3-16-11(15)8(2)13-10(14)9-4-6-12-7-5-9/h4-8H,3H2,1-2H3,(H,13,14)/t8-/m1/s1. The van der Waals surface area contributed by atoms with E-state index in [1.165, 1.54) is 12.4 Å². The Labute approximate surface area is 93.8 Å². The summed E-state index contributed by atoms with van der Waals surface area (Å²) in [7, 11) is 0. The van der Waals surface area contributed by atoms with Gasteiger partial charge in [0.25, 0.3) is 5.91 Å². The molecule has 1 N–H and O–H groups in total. The summed E-state index contributed by atoms with van der Waals surface area (Å²) in [6, 6.07) is 2.50. The highest BCUT2D eigenvalue weighted by Crippen LogP contribution is 1.97. The fourth-order valence-electron chi connectivity index (χ4n) is 1.11. The van der Waals surface area contributed by atoms with Gasteiger partial charge in [-0.1, -0.05) is 0 Å². The summed E-state index contributed by atoms with van der Waals surface area (Å²) in [6.07, 6.45) is 3.04. The highest BCUT2D eigenvalue weighted by atomic mass is 16.5. The highest BCUT2D eigenvalue weighted by Gasteiger charge is 2.16. The van der Waals surface area contributed by atoms with E-state index in [1.54, 1.807) is 26.0 Å². The molecule has 16 heavy (non-hydrogen) atoms. The van der Waals surface area contributed by atoms with Gasteiger partial charge in [0.05, 0.1) is 6.61 Å². The molecule has 1 aromatic rings. The summed E-state index contributed by atoms with van der Waals surface area (Å²) in [5, 5.41) is 2.54. The molecule has 86 valence electrons. The van der Waals surface area contributed by atoms with Gasteiger partial charge in [-0.25, -0.2) is 4.79 Å². The van der Waals surface area contributed by atoms with E-state index >= 15 is 0 Å². The van der Waals surface area contributed by atoms with Gasteiger partial charge in [-0.15, -0.1) is 0 Å². The molecule has 5 heteroatoms. The van der Waals surface area contributed by atoms with Crippen molar-refractivity contribution in [2.45, 2.75) is 19.9 Å². The van der Waals surface area contributed by atoms with Crippen LogP contribution in [0.5, 0.6) is 0 Å². The predicted molar refractivity (Wildman–Crippen MR) is 57.8 cm³/mol. The largest absolute Gasteiger partial charge is 0.464 e. The SMILES string of the molecule is CCOC(=O)[C@@H](C)NC(=O)c1ccncc1. The van der Waals surface area contributed by atoms with Crippen molar-refractivity contribution < 1.29 is 14.3 Å². The van der Waals surface area contributed by atoms with Crippen LogP contribution in [-0.4, -0.2) is 29.5 Å². The highest BCUT2D eigenvalue weighted by molar-refractivity contribution is 5.96. The number of esters is 1. The molecular formula is C11H14N2O3. The Morgan fingerprint density at radius 3 is 2.62 bits per heavy atom. The molecule has 5 nitrogen and oxygen atoms in total. The normalized spacial score (nSPS) is 11.6. The number of aromatic nitrogens is 1. The molecule has 0 aromatic carbocycles. The number of rotatable bonds is 4. The number of amides is 1. The van der Waals surface area contributed by atoms with E-state index in [4.69, 9.17) is 4.74 Å². The zero-order valence-corrected chi connectivity index (χ0v) is 9.27. The molecule has 0 saturated heterocycles. The van der Waals surface area contributed by atoms with E-state index in [0.29, 0.717) is 12.2 Å². The molecule has 0 unspecified atom stereocenters. The summed E-state index contributed by atoms with van der Waals surface area (Å²) < 4.78 is 4.77. The molecule has 1 rings (SSSR count). The van der Waals surface area contributed by atoms with Gasteiger partial charge in [0.1, 0.15) is 6.04 Å². The van der Waals surface area contributed by atoms with Gasteiger partial charge in [-0.2, -0.15) is 0 Å². The first-order valence-electron chi connectivity index (χ1n) is 5.02. The molecule has 0 saturated carbocycles. The van der Waals surface area contributed by atoms with E-state index < -0.39 is 12.0 Å². The summed E-state index contributed by atoms with van der Waals surface area (Å²) >= 11 is 0.